The fourth-order valence-corrected chi connectivity index (χ4v) is 3.47. The molecule has 0 saturated carbocycles. The zero-order valence-corrected chi connectivity index (χ0v) is 14.5. The van der Waals surface area contributed by atoms with Crippen LogP contribution < -0.4 is 10.6 Å². The number of carbonyl (C=O) groups excluding carboxylic acids is 2. The molecule has 1 aromatic carbocycles. The number of nitrogens with one attached hydrogen (secondary N) is 2. The highest BCUT2D eigenvalue weighted by atomic mass is 16.2. The van der Waals surface area contributed by atoms with Crippen LogP contribution in [0.15, 0.2) is 36.5 Å². The van der Waals surface area contributed by atoms with Crippen LogP contribution >= 0.6 is 0 Å². The summed E-state index contributed by atoms with van der Waals surface area (Å²) in [5, 5.41) is 6.96. The van der Waals surface area contributed by atoms with Crippen LogP contribution in [0.25, 0.3) is 10.9 Å². The highest BCUT2D eigenvalue weighted by Gasteiger charge is 2.45. The molecule has 1 saturated heterocycles. The summed E-state index contributed by atoms with van der Waals surface area (Å²) in [7, 11) is 0. The lowest BCUT2D eigenvalue weighted by atomic mass is 9.74. The van der Waals surface area contributed by atoms with Crippen LogP contribution in [0, 0.1) is 17.3 Å². The predicted octanol–water partition coefficient (Wildman–Crippen LogP) is 2.17. The molecular weight excluding hydrogens is 302 g/mol. The van der Waals surface area contributed by atoms with Crippen molar-refractivity contribution in [3.63, 3.8) is 0 Å². The van der Waals surface area contributed by atoms with Crippen molar-refractivity contribution < 1.29 is 9.59 Å². The molecule has 0 radical (unpaired) electrons. The molecule has 2 N–H and O–H groups in total. The minimum Gasteiger partial charge on any atom is -0.355 e. The molecule has 128 valence electrons. The van der Waals surface area contributed by atoms with Gasteiger partial charge >= 0.3 is 0 Å². The van der Waals surface area contributed by atoms with Gasteiger partial charge in [-0.2, -0.15) is 0 Å². The normalized spacial score (nSPS) is 21.0. The second kappa shape index (κ2) is 6.30. The fourth-order valence-electron chi connectivity index (χ4n) is 3.47. The van der Waals surface area contributed by atoms with Crippen LogP contribution in [0.4, 0.5) is 0 Å². The zero-order valence-electron chi connectivity index (χ0n) is 14.5. The number of benzene rings is 1. The van der Waals surface area contributed by atoms with E-state index in [0.717, 1.165) is 5.52 Å². The van der Waals surface area contributed by atoms with E-state index in [1.165, 1.54) is 5.39 Å². The number of hydrogen-bond acceptors (Lipinski definition) is 2. The van der Waals surface area contributed by atoms with E-state index in [1.807, 2.05) is 18.3 Å². The van der Waals surface area contributed by atoms with Gasteiger partial charge in [0.15, 0.2) is 0 Å². The Hall–Kier alpha value is -2.30. The Morgan fingerprint density at radius 3 is 2.79 bits per heavy atom. The standard InChI is InChI=1S/C19H25N3O2/c1-19(2,3)14-12-21-18(24)16(14)17(23)20-9-11-22-10-8-13-6-4-5-7-15(13)22/h4-8,10,14,16H,9,11-12H2,1-3H3,(H,20,23)(H,21,24)/t14-,16-/m0/s1. The first-order chi connectivity index (χ1) is 11.4. The summed E-state index contributed by atoms with van der Waals surface area (Å²) in [4.78, 5) is 24.6. The van der Waals surface area contributed by atoms with E-state index < -0.39 is 5.92 Å². The Balaban J connectivity index is 1.62. The van der Waals surface area contributed by atoms with Gasteiger partial charge in [0.25, 0.3) is 0 Å². The topological polar surface area (TPSA) is 63.1 Å². The van der Waals surface area contributed by atoms with E-state index in [2.05, 4.69) is 54.2 Å². The third-order valence-electron chi connectivity index (χ3n) is 4.91. The first-order valence-corrected chi connectivity index (χ1v) is 8.47. The average molecular weight is 327 g/mol. The van der Waals surface area contributed by atoms with E-state index in [9.17, 15) is 9.59 Å². The molecule has 1 fully saturated rings. The maximum absolute atomic E-state index is 12.5. The lowest BCUT2D eigenvalue weighted by Gasteiger charge is -2.29. The summed E-state index contributed by atoms with van der Waals surface area (Å²) < 4.78 is 2.12. The number of fused-ring (bicyclic) bond motifs is 1. The largest absolute Gasteiger partial charge is 0.355 e. The number of hydrogen-bond donors (Lipinski definition) is 2. The van der Waals surface area contributed by atoms with Gasteiger partial charge < -0.3 is 15.2 Å². The third-order valence-corrected chi connectivity index (χ3v) is 4.91. The second-order valence-electron chi connectivity index (χ2n) is 7.55. The Bertz CT molecular complexity index is 757. The van der Waals surface area contributed by atoms with Crippen LogP contribution in [-0.4, -0.2) is 29.5 Å². The Morgan fingerprint density at radius 1 is 1.29 bits per heavy atom. The van der Waals surface area contributed by atoms with Crippen molar-refractivity contribution in [3.05, 3.63) is 36.5 Å². The van der Waals surface area contributed by atoms with E-state index in [1.54, 1.807) is 0 Å². The Kier molecular flexibility index (Phi) is 4.35. The van der Waals surface area contributed by atoms with Crippen molar-refractivity contribution in [3.8, 4) is 0 Å². The molecule has 1 aromatic heterocycles. The molecule has 2 aromatic rings. The van der Waals surface area contributed by atoms with E-state index in [4.69, 9.17) is 0 Å². The molecule has 3 rings (SSSR count). The smallest absolute Gasteiger partial charge is 0.233 e. The monoisotopic (exact) mass is 327 g/mol. The molecule has 5 heteroatoms. The number of carbonyl (C=O) groups is 2. The van der Waals surface area contributed by atoms with Crippen LogP contribution in [0.2, 0.25) is 0 Å². The number of amides is 2. The van der Waals surface area contributed by atoms with Crippen LogP contribution in [0.1, 0.15) is 20.8 Å². The van der Waals surface area contributed by atoms with Crippen LogP contribution in [-0.2, 0) is 16.1 Å². The van der Waals surface area contributed by atoms with E-state index >= 15 is 0 Å². The molecule has 5 nitrogen and oxygen atoms in total. The molecule has 0 spiro atoms. The SMILES string of the molecule is CC(C)(C)[C@H]1CNC(=O)[C@@H]1C(=O)NCCn1ccc2ccccc21. The Labute approximate surface area is 142 Å². The van der Waals surface area contributed by atoms with Gasteiger partial charge in [-0.25, -0.2) is 0 Å². The minimum atomic E-state index is -0.591. The molecule has 2 atom stereocenters. The molecule has 0 bridgehead atoms. The number of nitrogens with zero attached hydrogens (tertiary/aromatic N) is 1. The molecular formula is C19H25N3O2. The highest BCUT2D eigenvalue weighted by Crippen LogP contribution is 2.35. The van der Waals surface area contributed by atoms with Gasteiger partial charge in [0, 0.05) is 37.3 Å². The summed E-state index contributed by atoms with van der Waals surface area (Å²) in [5.41, 5.74) is 1.07. The van der Waals surface area contributed by atoms with Crippen molar-refractivity contribution in [2.75, 3.05) is 13.1 Å². The van der Waals surface area contributed by atoms with Crippen molar-refractivity contribution in [2.45, 2.75) is 27.3 Å². The van der Waals surface area contributed by atoms with E-state index in [0.29, 0.717) is 19.6 Å². The van der Waals surface area contributed by atoms with Gasteiger partial charge in [-0.05, 0) is 22.9 Å². The second-order valence-corrected chi connectivity index (χ2v) is 7.55. The van der Waals surface area contributed by atoms with Gasteiger partial charge in [0.2, 0.25) is 11.8 Å². The van der Waals surface area contributed by atoms with Crippen molar-refractivity contribution >= 4 is 22.7 Å². The number of aromatic nitrogens is 1. The number of rotatable bonds is 4. The summed E-state index contributed by atoms with van der Waals surface area (Å²) >= 11 is 0. The van der Waals surface area contributed by atoms with Crippen LogP contribution in [0.5, 0.6) is 0 Å². The van der Waals surface area contributed by atoms with Crippen molar-refractivity contribution in [1.29, 1.82) is 0 Å². The molecule has 1 aliphatic rings. The fraction of sp³-hybridized carbons (Fsp3) is 0.474. The molecule has 0 unspecified atom stereocenters. The maximum atomic E-state index is 12.5. The first kappa shape index (κ1) is 16.6. The van der Waals surface area contributed by atoms with Gasteiger partial charge in [-0.15, -0.1) is 0 Å². The Morgan fingerprint density at radius 2 is 2.04 bits per heavy atom. The molecule has 0 aliphatic carbocycles. The highest BCUT2D eigenvalue weighted by molar-refractivity contribution is 6.02. The molecule has 24 heavy (non-hydrogen) atoms. The average Bonchev–Trinajstić information content (AvgIpc) is 3.11. The zero-order chi connectivity index (χ0) is 17.3. The summed E-state index contributed by atoms with van der Waals surface area (Å²) in [6, 6.07) is 10.2. The summed E-state index contributed by atoms with van der Waals surface area (Å²) in [5.74, 6) is -0.885. The van der Waals surface area contributed by atoms with Crippen molar-refractivity contribution in [1.82, 2.24) is 15.2 Å². The van der Waals surface area contributed by atoms with Gasteiger partial charge in [0.1, 0.15) is 5.92 Å². The van der Waals surface area contributed by atoms with Gasteiger partial charge in [0.05, 0.1) is 0 Å². The molecule has 2 heterocycles. The first-order valence-electron chi connectivity index (χ1n) is 8.47. The summed E-state index contributed by atoms with van der Waals surface area (Å²) in [6.45, 7) is 7.99. The summed E-state index contributed by atoms with van der Waals surface area (Å²) in [6.07, 6.45) is 2.02. The van der Waals surface area contributed by atoms with Crippen molar-refractivity contribution in [2.24, 2.45) is 17.3 Å². The van der Waals surface area contributed by atoms with E-state index in [-0.39, 0.29) is 23.1 Å². The maximum Gasteiger partial charge on any atom is 0.233 e. The van der Waals surface area contributed by atoms with Gasteiger partial charge in [-0.3, -0.25) is 9.59 Å². The van der Waals surface area contributed by atoms with Crippen LogP contribution in [0.3, 0.4) is 0 Å². The predicted molar refractivity (Wildman–Crippen MR) is 94.4 cm³/mol. The third kappa shape index (κ3) is 3.16. The quantitative estimate of drug-likeness (QED) is 0.845. The molecule has 2 amide bonds. The van der Waals surface area contributed by atoms with Gasteiger partial charge in [-0.1, -0.05) is 39.0 Å². The lowest BCUT2D eigenvalue weighted by molar-refractivity contribution is -0.135. The number of para-hydroxylation sites is 1. The molecule has 1 aliphatic heterocycles. The minimum absolute atomic E-state index is 0.0254. The lowest BCUT2D eigenvalue weighted by Crippen LogP contribution is -2.41.